The molecule has 0 fully saturated rings. The van der Waals surface area contributed by atoms with Crippen LogP contribution in [0.1, 0.15) is 13.8 Å². The molecule has 0 spiro atoms. The number of benzene rings is 2. The minimum atomic E-state index is -0.330. The monoisotopic (exact) mass is 434 g/mol. The van der Waals surface area contributed by atoms with E-state index in [4.69, 9.17) is 9.47 Å². The van der Waals surface area contributed by atoms with Gasteiger partial charge in [0.15, 0.2) is 5.13 Å². The molecule has 0 amide bonds. The first-order chi connectivity index (χ1) is 12.1. The lowest BCUT2D eigenvalue weighted by Gasteiger charge is -2.05. The number of carbonyl (C=O) groups excluding carboxylic acids is 1. The number of esters is 1. The number of hydrogen-bond donors (Lipinski definition) is 1. The Labute approximate surface area is 166 Å². The van der Waals surface area contributed by atoms with Crippen LogP contribution in [0.25, 0.3) is 11.3 Å². The summed E-state index contributed by atoms with van der Waals surface area (Å²) in [5.74, 6) is 1.04. The van der Waals surface area contributed by atoms with Crippen molar-refractivity contribution in [2.75, 3.05) is 11.9 Å². The Morgan fingerprint density at radius 3 is 2.35 bits per heavy atom. The van der Waals surface area contributed by atoms with E-state index in [0.717, 1.165) is 27.8 Å². The van der Waals surface area contributed by atoms with E-state index >= 15 is 0 Å². The maximum Gasteiger partial charge on any atom is 0.308 e. The van der Waals surface area contributed by atoms with Gasteiger partial charge in [0.2, 0.25) is 0 Å². The molecule has 3 rings (SSSR count). The zero-order valence-electron chi connectivity index (χ0n) is 14.4. The Bertz CT molecular complexity index is 848. The van der Waals surface area contributed by atoms with E-state index in [-0.39, 0.29) is 23.0 Å². The van der Waals surface area contributed by atoms with Crippen LogP contribution in [0.2, 0.25) is 0 Å². The molecule has 1 heterocycles. The highest BCUT2D eigenvalue weighted by atomic mass is 79.9. The van der Waals surface area contributed by atoms with Crippen LogP contribution < -0.4 is 14.8 Å². The molecule has 7 heteroatoms. The standard InChI is InChI=1S/C19H18N2O3S.BrH/c1-3-23-16-10-6-15(7-11-16)20-19-21-18(12-25-19)14-4-8-17(9-5-14)24-13(2)22;/h4-12H,3H2,1-2H3,(H,20,21);1H. The Kier molecular flexibility index (Phi) is 7.17. The molecule has 5 nitrogen and oxygen atoms in total. The van der Waals surface area contributed by atoms with Gasteiger partial charge in [0.05, 0.1) is 12.3 Å². The van der Waals surface area contributed by atoms with E-state index < -0.39 is 0 Å². The van der Waals surface area contributed by atoms with Crippen molar-refractivity contribution in [3.8, 4) is 22.8 Å². The number of anilines is 2. The molecule has 1 N–H and O–H groups in total. The first kappa shape index (κ1) is 19.9. The summed E-state index contributed by atoms with van der Waals surface area (Å²) in [6, 6.07) is 15.1. The van der Waals surface area contributed by atoms with Gasteiger partial charge in [0.1, 0.15) is 11.5 Å². The molecule has 3 aromatic rings. The van der Waals surface area contributed by atoms with Crippen LogP contribution >= 0.6 is 28.3 Å². The highest BCUT2D eigenvalue weighted by molar-refractivity contribution is 8.93. The average Bonchev–Trinajstić information content (AvgIpc) is 3.05. The molecule has 0 saturated carbocycles. The highest BCUT2D eigenvalue weighted by Gasteiger charge is 2.06. The summed E-state index contributed by atoms with van der Waals surface area (Å²) in [7, 11) is 0. The van der Waals surface area contributed by atoms with Gasteiger partial charge in [-0.1, -0.05) is 0 Å². The third-order valence-corrected chi connectivity index (χ3v) is 4.09. The largest absolute Gasteiger partial charge is 0.494 e. The van der Waals surface area contributed by atoms with Crippen LogP contribution in [0.3, 0.4) is 0 Å². The smallest absolute Gasteiger partial charge is 0.308 e. The van der Waals surface area contributed by atoms with Crippen molar-refractivity contribution in [1.82, 2.24) is 4.98 Å². The highest BCUT2D eigenvalue weighted by Crippen LogP contribution is 2.28. The minimum absolute atomic E-state index is 0. The van der Waals surface area contributed by atoms with Gasteiger partial charge in [-0.15, -0.1) is 28.3 Å². The summed E-state index contributed by atoms with van der Waals surface area (Å²) in [4.78, 5) is 15.5. The molecule has 0 aliphatic carbocycles. The van der Waals surface area contributed by atoms with Gasteiger partial charge in [-0.2, -0.15) is 0 Å². The summed E-state index contributed by atoms with van der Waals surface area (Å²) in [6.07, 6.45) is 0. The molecule has 0 radical (unpaired) electrons. The predicted molar refractivity (Wildman–Crippen MR) is 110 cm³/mol. The normalized spacial score (nSPS) is 9.92. The number of halogens is 1. The van der Waals surface area contributed by atoms with Crippen molar-refractivity contribution in [3.05, 3.63) is 53.9 Å². The Hall–Kier alpha value is -2.38. The maximum atomic E-state index is 11.0. The van der Waals surface area contributed by atoms with Gasteiger partial charge >= 0.3 is 5.97 Å². The number of hydrogen-bond acceptors (Lipinski definition) is 6. The molecule has 136 valence electrons. The van der Waals surface area contributed by atoms with E-state index in [1.165, 1.54) is 18.3 Å². The summed E-state index contributed by atoms with van der Waals surface area (Å²) in [5.41, 5.74) is 2.79. The third kappa shape index (κ3) is 5.31. The zero-order chi connectivity index (χ0) is 17.6. The van der Waals surface area contributed by atoms with Gasteiger partial charge in [0, 0.05) is 23.6 Å². The zero-order valence-corrected chi connectivity index (χ0v) is 16.9. The van der Waals surface area contributed by atoms with E-state index in [9.17, 15) is 4.79 Å². The quantitative estimate of drug-likeness (QED) is 0.412. The molecular formula is C19H19BrN2O3S. The lowest BCUT2D eigenvalue weighted by Crippen LogP contribution is -2.00. The van der Waals surface area contributed by atoms with E-state index in [2.05, 4.69) is 10.3 Å². The maximum absolute atomic E-state index is 11.0. The molecule has 0 bridgehead atoms. The SMILES string of the molecule is Br.CCOc1ccc(Nc2nc(-c3ccc(OC(C)=O)cc3)cs2)cc1. The van der Waals surface area contributed by atoms with Crippen molar-refractivity contribution >= 4 is 45.1 Å². The summed E-state index contributed by atoms with van der Waals surface area (Å²) >= 11 is 1.53. The van der Waals surface area contributed by atoms with Crippen LogP contribution in [0, 0.1) is 0 Å². The third-order valence-electron chi connectivity index (χ3n) is 3.33. The number of thiazole rings is 1. The van der Waals surface area contributed by atoms with Gasteiger partial charge < -0.3 is 14.8 Å². The second kappa shape index (κ2) is 9.35. The molecule has 0 atom stereocenters. The van der Waals surface area contributed by atoms with Crippen molar-refractivity contribution in [1.29, 1.82) is 0 Å². The molecular weight excluding hydrogens is 416 g/mol. The first-order valence-electron chi connectivity index (χ1n) is 7.88. The van der Waals surface area contributed by atoms with Crippen LogP contribution in [0.4, 0.5) is 10.8 Å². The predicted octanol–water partition coefficient (Wildman–Crippen LogP) is 5.46. The number of nitrogens with zero attached hydrogens (tertiary/aromatic N) is 1. The van der Waals surface area contributed by atoms with E-state index in [1.807, 2.05) is 48.7 Å². The van der Waals surface area contributed by atoms with Crippen LogP contribution in [-0.4, -0.2) is 17.6 Å². The summed E-state index contributed by atoms with van der Waals surface area (Å²) in [6.45, 7) is 3.99. The van der Waals surface area contributed by atoms with Gasteiger partial charge in [0.25, 0.3) is 0 Å². The molecule has 0 aliphatic heterocycles. The molecule has 26 heavy (non-hydrogen) atoms. The summed E-state index contributed by atoms with van der Waals surface area (Å²) in [5, 5.41) is 6.08. The van der Waals surface area contributed by atoms with Crippen molar-refractivity contribution < 1.29 is 14.3 Å². The molecule has 0 aliphatic rings. The molecule has 2 aromatic carbocycles. The minimum Gasteiger partial charge on any atom is -0.494 e. The first-order valence-corrected chi connectivity index (χ1v) is 8.76. The van der Waals surface area contributed by atoms with Crippen LogP contribution in [0.15, 0.2) is 53.9 Å². The second-order valence-corrected chi connectivity index (χ2v) is 6.10. The Balaban J connectivity index is 0.00000243. The molecule has 1 aromatic heterocycles. The van der Waals surface area contributed by atoms with Crippen molar-refractivity contribution in [3.63, 3.8) is 0 Å². The molecule has 0 saturated heterocycles. The van der Waals surface area contributed by atoms with Gasteiger partial charge in [-0.25, -0.2) is 4.98 Å². The van der Waals surface area contributed by atoms with Crippen LogP contribution in [0.5, 0.6) is 11.5 Å². The topological polar surface area (TPSA) is 60.4 Å². The average molecular weight is 435 g/mol. The number of aromatic nitrogens is 1. The van der Waals surface area contributed by atoms with Gasteiger partial charge in [-0.05, 0) is 55.5 Å². The lowest BCUT2D eigenvalue weighted by molar-refractivity contribution is -0.131. The fourth-order valence-electron chi connectivity index (χ4n) is 2.25. The number of carbonyl (C=O) groups is 1. The molecule has 0 unspecified atom stereocenters. The van der Waals surface area contributed by atoms with Crippen LogP contribution in [-0.2, 0) is 4.79 Å². The number of nitrogens with one attached hydrogen (secondary N) is 1. The van der Waals surface area contributed by atoms with Gasteiger partial charge in [-0.3, -0.25) is 4.79 Å². The fraction of sp³-hybridized carbons (Fsp3) is 0.158. The van der Waals surface area contributed by atoms with E-state index in [1.54, 1.807) is 12.1 Å². The van der Waals surface area contributed by atoms with Crippen molar-refractivity contribution in [2.24, 2.45) is 0 Å². The number of rotatable bonds is 6. The van der Waals surface area contributed by atoms with E-state index in [0.29, 0.717) is 12.4 Å². The fourth-order valence-corrected chi connectivity index (χ4v) is 2.99. The summed E-state index contributed by atoms with van der Waals surface area (Å²) < 4.78 is 10.5. The second-order valence-electron chi connectivity index (χ2n) is 5.24. The Morgan fingerprint density at radius 2 is 1.73 bits per heavy atom. The number of ether oxygens (including phenoxy) is 2. The lowest BCUT2D eigenvalue weighted by atomic mass is 10.2. The Morgan fingerprint density at radius 1 is 1.08 bits per heavy atom. The van der Waals surface area contributed by atoms with Crippen molar-refractivity contribution in [2.45, 2.75) is 13.8 Å².